The van der Waals surface area contributed by atoms with Crippen LogP contribution in [-0.2, 0) is 4.79 Å². The van der Waals surface area contributed by atoms with Crippen LogP contribution in [0.15, 0.2) is 36.9 Å². The second-order valence-corrected chi connectivity index (χ2v) is 4.38. The number of benzene rings is 1. The number of halogens is 2. The molecule has 0 radical (unpaired) electrons. The second kappa shape index (κ2) is 6.36. The molecule has 0 saturated carbocycles. The summed E-state index contributed by atoms with van der Waals surface area (Å²) in [7, 11) is 0. The van der Waals surface area contributed by atoms with Gasteiger partial charge in [0, 0.05) is 5.02 Å². The van der Waals surface area contributed by atoms with Gasteiger partial charge in [-0.1, -0.05) is 23.2 Å². The molecule has 1 heterocycles. The van der Waals surface area contributed by atoms with Crippen LogP contribution in [0.4, 0.5) is 5.69 Å². The number of amides is 1. The van der Waals surface area contributed by atoms with Gasteiger partial charge in [-0.2, -0.15) is 0 Å². The minimum atomic E-state index is -0.333. The zero-order valence-electron chi connectivity index (χ0n) is 9.64. The van der Waals surface area contributed by atoms with E-state index in [-0.39, 0.29) is 12.5 Å². The lowest BCUT2D eigenvalue weighted by Gasteiger charge is -2.08. The summed E-state index contributed by atoms with van der Waals surface area (Å²) in [5, 5.41) is 3.44. The molecular weight excluding hydrogens is 289 g/mol. The largest absolute Gasteiger partial charge is 0.482 e. The predicted octanol–water partition coefficient (Wildman–Crippen LogP) is 2.80. The lowest BCUT2D eigenvalue weighted by molar-refractivity contribution is -0.118. The van der Waals surface area contributed by atoms with Crippen LogP contribution in [0.5, 0.6) is 5.75 Å². The summed E-state index contributed by atoms with van der Waals surface area (Å²) in [5.41, 5.74) is 0.498. The lowest BCUT2D eigenvalue weighted by Crippen LogP contribution is -2.20. The highest BCUT2D eigenvalue weighted by Crippen LogP contribution is 2.27. The molecule has 5 nitrogen and oxygen atoms in total. The van der Waals surface area contributed by atoms with E-state index in [0.29, 0.717) is 21.5 Å². The van der Waals surface area contributed by atoms with Gasteiger partial charge in [0.05, 0.1) is 23.1 Å². The molecule has 19 heavy (non-hydrogen) atoms. The first-order valence-electron chi connectivity index (χ1n) is 5.28. The topological polar surface area (TPSA) is 64.1 Å². The van der Waals surface area contributed by atoms with E-state index in [1.165, 1.54) is 18.7 Å². The Morgan fingerprint density at radius 1 is 1.26 bits per heavy atom. The Bertz CT molecular complexity index is 578. The molecule has 1 aromatic carbocycles. The van der Waals surface area contributed by atoms with E-state index >= 15 is 0 Å². The Balaban J connectivity index is 1.90. The van der Waals surface area contributed by atoms with Gasteiger partial charge in [0.2, 0.25) is 0 Å². The average molecular weight is 298 g/mol. The molecule has 0 unspecified atom stereocenters. The molecule has 0 bridgehead atoms. The number of anilines is 1. The van der Waals surface area contributed by atoms with Crippen LogP contribution in [0, 0.1) is 0 Å². The average Bonchev–Trinajstić information content (AvgIpc) is 2.39. The van der Waals surface area contributed by atoms with Crippen molar-refractivity contribution in [1.82, 2.24) is 9.97 Å². The fraction of sp³-hybridized carbons (Fsp3) is 0.0833. The van der Waals surface area contributed by atoms with E-state index < -0.39 is 0 Å². The highest BCUT2D eigenvalue weighted by molar-refractivity contribution is 6.35. The van der Waals surface area contributed by atoms with E-state index in [0.717, 1.165) is 0 Å². The zero-order chi connectivity index (χ0) is 13.7. The first-order valence-corrected chi connectivity index (χ1v) is 6.03. The molecular formula is C12H9Cl2N3O2. The summed E-state index contributed by atoms with van der Waals surface area (Å²) >= 11 is 11.7. The van der Waals surface area contributed by atoms with Gasteiger partial charge in [0.15, 0.2) is 6.61 Å². The normalized spacial score (nSPS) is 10.0. The van der Waals surface area contributed by atoms with Crippen molar-refractivity contribution in [1.29, 1.82) is 0 Å². The third-order valence-corrected chi connectivity index (χ3v) is 2.63. The van der Waals surface area contributed by atoms with E-state index in [4.69, 9.17) is 27.9 Å². The summed E-state index contributed by atoms with van der Waals surface area (Å²) in [6, 6.07) is 4.77. The van der Waals surface area contributed by atoms with Crippen LogP contribution < -0.4 is 10.1 Å². The summed E-state index contributed by atoms with van der Waals surface area (Å²) in [5.74, 6) is 0.0614. The summed E-state index contributed by atoms with van der Waals surface area (Å²) < 4.78 is 5.28. The molecule has 1 aromatic heterocycles. The third-order valence-electron chi connectivity index (χ3n) is 2.10. The van der Waals surface area contributed by atoms with Gasteiger partial charge >= 0.3 is 0 Å². The van der Waals surface area contributed by atoms with Crippen LogP contribution in [0.25, 0.3) is 0 Å². The molecule has 1 amide bonds. The maximum atomic E-state index is 11.6. The van der Waals surface area contributed by atoms with Crippen LogP contribution in [-0.4, -0.2) is 22.5 Å². The molecule has 0 aliphatic rings. The first-order chi connectivity index (χ1) is 9.15. The Hall–Kier alpha value is -1.85. The fourth-order valence-corrected chi connectivity index (χ4v) is 1.76. The standard InChI is InChI=1S/C12H9Cl2N3O2/c13-8-1-2-11(10(14)3-8)19-6-12(18)17-9-4-15-7-16-5-9/h1-5,7H,6H2,(H,17,18). The van der Waals surface area contributed by atoms with Crippen molar-refractivity contribution in [3.05, 3.63) is 47.0 Å². The summed E-state index contributed by atoms with van der Waals surface area (Å²) in [4.78, 5) is 19.2. The number of nitrogens with one attached hydrogen (secondary N) is 1. The quantitative estimate of drug-likeness (QED) is 0.942. The van der Waals surface area contributed by atoms with Crippen LogP contribution >= 0.6 is 23.2 Å². The van der Waals surface area contributed by atoms with Crippen molar-refractivity contribution in [2.45, 2.75) is 0 Å². The van der Waals surface area contributed by atoms with E-state index in [1.807, 2.05) is 0 Å². The van der Waals surface area contributed by atoms with Gasteiger partial charge < -0.3 is 10.1 Å². The minimum absolute atomic E-state index is 0.170. The van der Waals surface area contributed by atoms with Crippen molar-refractivity contribution in [3.8, 4) is 5.75 Å². The molecule has 0 aliphatic carbocycles. The van der Waals surface area contributed by atoms with Gasteiger partial charge in [-0.25, -0.2) is 9.97 Å². The summed E-state index contributed by atoms with van der Waals surface area (Å²) in [6.07, 6.45) is 4.35. The molecule has 0 fully saturated rings. The molecule has 0 saturated heterocycles. The molecule has 1 N–H and O–H groups in total. The number of hydrogen-bond donors (Lipinski definition) is 1. The number of carbonyl (C=O) groups excluding carboxylic acids is 1. The lowest BCUT2D eigenvalue weighted by atomic mass is 10.3. The number of nitrogens with zero attached hydrogens (tertiary/aromatic N) is 2. The Morgan fingerprint density at radius 2 is 2.00 bits per heavy atom. The number of rotatable bonds is 4. The highest BCUT2D eigenvalue weighted by Gasteiger charge is 2.07. The maximum Gasteiger partial charge on any atom is 0.262 e. The highest BCUT2D eigenvalue weighted by atomic mass is 35.5. The Kier molecular flexibility index (Phi) is 4.54. The summed E-state index contributed by atoms with van der Waals surface area (Å²) in [6.45, 7) is -0.170. The maximum absolute atomic E-state index is 11.6. The molecule has 0 atom stereocenters. The second-order valence-electron chi connectivity index (χ2n) is 3.54. The number of aromatic nitrogens is 2. The predicted molar refractivity (Wildman–Crippen MR) is 72.6 cm³/mol. The molecule has 7 heteroatoms. The van der Waals surface area contributed by atoms with E-state index in [9.17, 15) is 4.79 Å². The van der Waals surface area contributed by atoms with Gasteiger partial charge in [-0.05, 0) is 18.2 Å². The molecule has 98 valence electrons. The van der Waals surface area contributed by atoms with Crippen LogP contribution in [0.2, 0.25) is 10.0 Å². The van der Waals surface area contributed by atoms with Crippen molar-refractivity contribution < 1.29 is 9.53 Å². The smallest absolute Gasteiger partial charge is 0.262 e. The van der Waals surface area contributed by atoms with Gasteiger partial charge in [0.1, 0.15) is 12.1 Å². The van der Waals surface area contributed by atoms with Crippen LogP contribution in [0.1, 0.15) is 0 Å². The van der Waals surface area contributed by atoms with Crippen molar-refractivity contribution in [2.24, 2.45) is 0 Å². The van der Waals surface area contributed by atoms with Gasteiger partial charge in [-0.15, -0.1) is 0 Å². The molecule has 0 aliphatic heterocycles. The number of hydrogen-bond acceptors (Lipinski definition) is 4. The number of ether oxygens (including phenoxy) is 1. The SMILES string of the molecule is O=C(COc1ccc(Cl)cc1Cl)Nc1cncnc1. The molecule has 2 rings (SSSR count). The fourth-order valence-electron chi connectivity index (χ4n) is 1.30. The van der Waals surface area contributed by atoms with E-state index in [1.54, 1.807) is 18.2 Å². The number of carbonyl (C=O) groups is 1. The zero-order valence-corrected chi connectivity index (χ0v) is 11.1. The monoisotopic (exact) mass is 297 g/mol. The first kappa shape index (κ1) is 13.6. The van der Waals surface area contributed by atoms with Crippen molar-refractivity contribution >= 4 is 34.8 Å². The third kappa shape index (κ3) is 4.08. The Labute approximate surface area is 119 Å². The molecule has 0 spiro atoms. The minimum Gasteiger partial charge on any atom is -0.482 e. The van der Waals surface area contributed by atoms with Crippen molar-refractivity contribution in [2.75, 3.05) is 11.9 Å². The molecule has 2 aromatic rings. The van der Waals surface area contributed by atoms with Crippen molar-refractivity contribution in [3.63, 3.8) is 0 Å². The van der Waals surface area contributed by atoms with E-state index in [2.05, 4.69) is 15.3 Å². The van der Waals surface area contributed by atoms with Crippen LogP contribution in [0.3, 0.4) is 0 Å². The van der Waals surface area contributed by atoms with Gasteiger partial charge in [0.25, 0.3) is 5.91 Å². The Morgan fingerprint density at radius 3 is 2.68 bits per heavy atom. The van der Waals surface area contributed by atoms with Gasteiger partial charge in [-0.3, -0.25) is 4.79 Å².